The molecule has 4 rings (SSSR count). The Hall–Kier alpha value is -3.72. The molecule has 2 N–H and O–H groups in total. The van der Waals surface area contributed by atoms with Crippen LogP contribution in [0.25, 0.3) is 0 Å². The number of hydrogen-bond acceptors (Lipinski definition) is 6. The molecule has 1 fully saturated rings. The third-order valence-corrected chi connectivity index (χ3v) is 6.64. The first-order chi connectivity index (χ1) is 16.8. The number of carbonyl (C=O) groups is 3. The van der Waals surface area contributed by atoms with Crippen molar-refractivity contribution in [3.8, 4) is 5.75 Å². The van der Waals surface area contributed by atoms with Gasteiger partial charge >= 0.3 is 0 Å². The zero-order valence-corrected chi connectivity index (χ0v) is 20.8. The molecule has 35 heavy (non-hydrogen) atoms. The van der Waals surface area contributed by atoms with Gasteiger partial charge in [-0.3, -0.25) is 14.4 Å². The van der Waals surface area contributed by atoms with Crippen LogP contribution in [-0.2, 0) is 16.0 Å². The highest BCUT2D eigenvalue weighted by atomic mass is 32.1. The Labute approximate surface area is 208 Å². The molecule has 0 bridgehead atoms. The molecule has 1 aliphatic carbocycles. The molecule has 1 heterocycles. The third kappa shape index (κ3) is 6.45. The van der Waals surface area contributed by atoms with Crippen molar-refractivity contribution in [1.82, 2.24) is 9.88 Å². The van der Waals surface area contributed by atoms with E-state index in [1.807, 2.05) is 32.0 Å². The van der Waals surface area contributed by atoms with Gasteiger partial charge in [0, 0.05) is 22.7 Å². The van der Waals surface area contributed by atoms with E-state index in [2.05, 4.69) is 15.6 Å². The number of aromatic nitrogens is 1. The molecule has 0 spiro atoms. The molecule has 0 aliphatic heterocycles. The highest BCUT2D eigenvalue weighted by molar-refractivity contribution is 7.13. The molecule has 8 nitrogen and oxygen atoms in total. The number of hydrogen-bond donors (Lipinski definition) is 2. The number of nitrogens with zero attached hydrogens (tertiary/aromatic N) is 2. The highest BCUT2D eigenvalue weighted by Crippen LogP contribution is 2.29. The molecule has 0 atom stereocenters. The third-order valence-electron chi connectivity index (χ3n) is 5.83. The molecule has 2 aromatic carbocycles. The Morgan fingerprint density at radius 2 is 1.77 bits per heavy atom. The summed E-state index contributed by atoms with van der Waals surface area (Å²) in [5.41, 5.74) is 4.08. The predicted octanol–water partition coefficient (Wildman–Crippen LogP) is 4.19. The van der Waals surface area contributed by atoms with Crippen LogP contribution in [0.1, 0.15) is 40.0 Å². The Morgan fingerprint density at radius 3 is 2.43 bits per heavy atom. The lowest BCUT2D eigenvalue weighted by Gasteiger charge is -2.21. The predicted molar refractivity (Wildman–Crippen MR) is 136 cm³/mol. The van der Waals surface area contributed by atoms with Gasteiger partial charge in [-0.15, -0.1) is 11.3 Å². The van der Waals surface area contributed by atoms with Crippen molar-refractivity contribution >= 4 is 39.9 Å². The van der Waals surface area contributed by atoms with Crippen LogP contribution in [0.3, 0.4) is 0 Å². The second kappa shape index (κ2) is 10.7. The number of anilines is 2. The molecule has 0 unspecified atom stereocenters. The van der Waals surface area contributed by atoms with Crippen LogP contribution in [0.5, 0.6) is 5.75 Å². The molecule has 182 valence electrons. The molecule has 1 saturated carbocycles. The van der Waals surface area contributed by atoms with E-state index in [1.54, 1.807) is 41.7 Å². The van der Waals surface area contributed by atoms with E-state index in [9.17, 15) is 14.4 Å². The van der Waals surface area contributed by atoms with Gasteiger partial charge in [-0.25, -0.2) is 4.98 Å². The number of rotatable bonds is 9. The molecular formula is C26H28N4O4S. The molecule has 3 amide bonds. The van der Waals surface area contributed by atoms with E-state index in [0.29, 0.717) is 22.1 Å². The zero-order valence-electron chi connectivity index (χ0n) is 20.0. The average molecular weight is 493 g/mol. The minimum atomic E-state index is -0.320. The molecular weight excluding hydrogens is 464 g/mol. The first-order valence-corrected chi connectivity index (χ1v) is 12.3. The van der Waals surface area contributed by atoms with Crippen molar-refractivity contribution in [2.75, 3.05) is 24.3 Å². The van der Waals surface area contributed by atoms with Gasteiger partial charge in [0.05, 0.1) is 19.2 Å². The maximum Gasteiger partial charge on any atom is 0.254 e. The standard InChI is InChI=1S/C26H28N4O4S/c1-16-4-7-19(12-17(16)2)27-23(31)13-20-15-35-26(28-20)29-24(32)14-30(21-8-9-21)25(33)18-5-10-22(34-3)11-6-18/h4-7,10-12,15,21H,8-9,13-14H2,1-3H3,(H,27,31)(H,28,29,32). The maximum atomic E-state index is 13.0. The number of nitrogens with one attached hydrogen (secondary N) is 2. The molecule has 1 aliphatic rings. The fraction of sp³-hybridized carbons (Fsp3) is 0.308. The van der Waals surface area contributed by atoms with Crippen molar-refractivity contribution in [1.29, 1.82) is 0 Å². The molecule has 0 radical (unpaired) electrons. The Bertz CT molecular complexity index is 1230. The van der Waals surface area contributed by atoms with Gasteiger partial charge in [-0.2, -0.15) is 0 Å². The van der Waals surface area contributed by atoms with E-state index in [0.717, 1.165) is 29.7 Å². The van der Waals surface area contributed by atoms with Crippen molar-refractivity contribution in [3.05, 3.63) is 70.2 Å². The summed E-state index contributed by atoms with van der Waals surface area (Å²) in [4.78, 5) is 44.0. The number of aryl methyl sites for hydroxylation is 2. The van der Waals surface area contributed by atoms with Crippen LogP contribution in [0.4, 0.5) is 10.8 Å². The van der Waals surface area contributed by atoms with E-state index >= 15 is 0 Å². The number of carbonyl (C=O) groups excluding carboxylic acids is 3. The minimum absolute atomic E-state index is 0.0578. The maximum absolute atomic E-state index is 13.0. The van der Waals surface area contributed by atoms with Crippen molar-refractivity contribution < 1.29 is 19.1 Å². The summed E-state index contributed by atoms with van der Waals surface area (Å²) in [5.74, 6) is -0.0201. The normalized spacial score (nSPS) is 12.7. The fourth-order valence-corrected chi connectivity index (χ4v) is 4.33. The average Bonchev–Trinajstić information content (AvgIpc) is 3.60. The first kappa shape index (κ1) is 24.4. The van der Waals surface area contributed by atoms with E-state index < -0.39 is 0 Å². The number of methoxy groups -OCH3 is 1. The lowest BCUT2D eigenvalue weighted by Crippen LogP contribution is -2.39. The Kier molecular flexibility index (Phi) is 7.45. The SMILES string of the molecule is COc1ccc(C(=O)N(CC(=O)Nc2nc(CC(=O)Nc3ccc(C)c(C)c3)cs2)C2CC2)cc1. The van der Waals surface area contributed by atoms with Crippen LogP contribution in [0.2, 0.25) is 0 Å². The summed E-state index contributed by atoms with van der Waals surface area (Å²) in [6.45, 7) is 3.96. The fourth-order valence-electron chi connectivity index (χ4n) is 3.60. The monoisotopic (exact) mass is 492 g/mol. The minimum Gasteiger partial charge on any atom is -0.497 e. The highest BCUT2D eigenvalue weighted by Gasteiger charge is 2.34. The van der Waals surface area contributed by atoms with Crippen LogP contribution in [0.15, 0.2) is 47.8 Å². The van der Waals surface area contributed by atoms with Crippen LogP contribution >= 0.6 is 11.3 Å². The second-order valence-corrected chi connectivity index (χ2v) is 9.47. The summed E-state index contributed by atoms with van der Waals surface area (Å²) in [7, 11) is 1.57. The van der Waals surface area contributed by atoms with Gasteiger partial charge < -0.3 is 20.3 Å². The molecule has 3 aromatic rings. The summed E-state index contributed by atoms with van der Waals surface area (Å²) in [5, 5.41) is 7.78. The van der Waals surface area contributed by atoms with Gasteiger partial charge in [-0.1, -0.05) is 6.07 Å². The quantitative estimate of drug-likeness (QED) is 0.466. The molecule has 0 saturated heterocycles. The van der Waals surface area contributed by atoms with Crippen LogP contribution < -0.4 is 15.4 Å². The van der Waals surface area contributed by atoms with Crippen LogP contribution in [0, 0.1) is 13.8 Å². The summed E-state index contributed by atoms with van der Waals surface area (Å²) in [6, 6.07) is 12.7. The first-order valence-electron chi connectivity index (χ1n) is 11.4. The summed E-state index contributed by atoms with van der Waals surface area (Å²) >= 11 is 1.25. The number of benzene rings is 2. The van der Waals surface area contributed by atoms with E-state index in [4.69, 9.17) is 4.74 Å². The topological polar surface area (TPSA) is 101 Å². The van der Waals surface area contributed by atoms with Gasteiger partial charge in [-0.05, 0) is 74.2 Å². The zero-order chi connectivity index (χ0) is 24.9. The second-order valence-electron chi connectivity index (χ2n) is 8.61. The molecule has 9 heteroatoms. The van der Waals surface area contributed by atoms with Crippen molar-refractivity contribution in [2.45, 2.75) is 39.2 Å². The number of ether oxygens (including phenoxy) is 1. The van der Waals surface area contributed by atoms with Gasteiger partial charge in [0.2, 0.25) is 11.8 Å². The van der Waals surface area contributed by atoms with Gasteiger partial charge in [0.25, 0.3) is 5.91 Å². The largest absolute Gasteiger partial charge is 0.497 e. The van der Waals surface area contributed by atoms with Gasteiger partial charge in [0.1, 0.15) is 12.3 Å². The Morgan fingerprint density at radius 1 is 1.03 bits per heavy atom. The van der Waals surface area contributed by atoms with Crippen LogP contribution in [-0.4, -0.2) is 47.3 Å². The Balaban J connectivity index is 1.32. The van der Waals surface area contributed by atoms with Crippen molar-refractivity contribution in [3.63, 3.8) is 0 Å². The number of amides is 3. The van der Waals surface area contributed by atoms with Crippen molar-refractivity contribution in [2.24, 2.45) is 0 Å². The smallest absolute Gasteiger partial charge is 0.254 e. The lowest BCUT2D eigenvalue weighted by atomic mass is 10.1. The van der Waals surface area contributed by atoms with Gasteiger partial charge in [0.15, 0.2) is 5.13 Å². The molecule has 1 aromatic heterocycles. The lowest BCUT2D eigenvalue weighted by molar-refractivity contribution is -0.117. The van der Waals surface area contributed by atoms with E-state index in [1.165, 1.54) is 11.3 Å². The van der Waals surface area contributed by atoms with E-state index in [-0.39, 0.29) is 36.7 Å². The summed E-state index contributed by atoms with van der Waals surface area (Å²) in [6.07, 6.45) is 1.86. The summed E-state index contributed by atoms with van der Waals surface area (Å²) < 4.78 is 5.14. The number of thiazole rings is 1.